The molecule has 2 bridgehead atoms. The maximum atomic E-state index is 12.5. The molecular formula is C20H28O5. The summed E-state index contributed by atoms with van der Waals surface area (Å²) in [6, 6.07) is 0. The molecule has 0 radical (unpaired) electrons. The van der Waals surface area contributed by atoms with Gasteiger partial charge in [-0.25, -0.2) is 4.79 Å². The molecule has 0 amide bonds. The molecule has 0 saturated carbocycles. The van der Waals surface area contributed by atoms with Crippen LogP contribution in [0.2, 0.25) is 0 Å². The standard InChI is InChI=1S/C20H28O5/c1-6-11(2)18(21)24-17-16-14(13(4)19(22)23-16)8-7-12(3)15-9-10-20(17,5)25-15/h6,13-17H,3,7-10H2,1-2,4-5H3/b11-6+/t13-,14-,15+,16-,17+,20-/m0/s1. The van der Waals surface area contributed by atoms with Gasteiger partial charge in [-0.05, 0) is 52.0 Å². The summed E-state index contributed by atoms with van der Waals surface area (Å²) in [5.41, 5.74) is 0.927. The van der Waals surface area contributed by atoms with E-state index in [2.05, 4.69) is 6.58 Å². The molecule has 25 heavy (non-hydrogen) atoms. The van der Waals surface area contributed by atoms with Gasteiger partial charge in [0.25, 0.3) is 0 Å². The van der Waals surface area contributed by atoms with Gasteiger partial charge >= 0.3 is 11.9 Å². The van der Waals surface area contributed by atoms with Crippen LogP contribution in [0.3, 0.4) is 0 Å². The molecule has 3 aliphatic rings. The van der Waals surface area contributed by atoms with E-state index in [0.29, 0.717) is 5.57 Å². The summed E-state index contributed by atoms with van der Waals surface area (Å²) in [5.74, 6) is -0.800. The quantitative estimate of drug-likeness (QED) is 0.435. The maximum absolute atomic E-state index is 12.5. The summed E-state index contributed by atoms with van der Waals surface area (Å²) in [7, 11) is 0. The van der Waals surface area contributed by atoms with Crippen molar-refractivity contribution in [1.29, 1.82) is 0 Å². The second kappa shape index (κ2) is 6.60. The average Bonchev–Trinajstić information content (AvgIpc) is 3.12. The first-order valence-electron chi connectivity index (χ1n) is 9.16. The first-order chi connectivity index (χ1) is 11.8. The molecule has 3 rings (SSSR count). The van der Waals surface area contributed by atoms with Gasteiger partial charge in [-0.15, -0.1) is 0 Å². The zero-order chi connectivity index (χ0) is 18.4. The van der Waals surface area contributed by atoms with Gasteiger partial charge in [0, 0.05) is 11.5 Å². The molecule has 5 nitrogen and oxygen atoms in total. The fourth-order valence-corrected chi connectivity index (χ4v) is 4.22. The Morgan fingerprint density at radius 3 is 2.80 bits per heavy atom. The van der Waals surface area contributed by atoms with Crippen LogP contribution < -0.4 is 0 Å². The summed E-state index contributed by atoms with van der Waals surface area (Å²) < 4.78 is 17.9. The molecule has 0 aromatic rings. The Morgan fingerprint density at radius 2 is 2.12 bits per heavy atom. The Balaban J connectivity index is 1.98. The van der Waals surface area contributed by atoms with Crippen molar-refractivity contribution in [2.75, 3.05) is 0 Å². The van der Waals surface area contributed by atoms with Crippen LogP contribution in [-0.2, 0) is 23.8 Å². The lowest BCUT2D eigenvalue weighted by Crippen LogP contribution is -2.51. The number of hydrogen-bond donors (Lipinski definition) is 0. The normalized spacial score (nSPS) is 41.4. The van der Waals surface area contributed by atoms with Crippen molar-refractivity contribution in [2.45, 2.75) is 77.3 Å². The van der Waals surface area contributed by atoms with Crippen LogP contribution in [-0.4, -0.2) is 35.9 Å². The van der Waals surface area contributed by atoms with Crippen LogP contribution in [0.5, 0.6) is 0 Å². The van der Waals surface area contributed by atoms with Crippen molar-refractivity contribution in [1.82, 2.24) is 0 Å². The van der Waals surface area contributed by atoms with Crippen molar-refractivity contribution in [3.63, 3.8) is 0 Å². The van der Waals surface area contributed by atoms with E-state index < -0.39 is 17.8 Å². The van der Waals surface area contributed by atoms with Gasteiger partial charge < -0.3 is 14.2 Å². The molecule has 0 N–H and O–H groups in total. The number of hydrogen-bond acceptors (Lipinski definition) is 5. The fraction of sp³-hybridized carbons (Fsp3) is 0.700. The number of allylic oxidation sites excluding steroid dienone is 1. The first-order valence-corrected chi connectivity index (χ1v) is 9.16. The van der Waals surface area contributed by atoms with Gasteiger partial charge in [-0.2, -0.15) is 0 Å². The monoisotopic (exact) mass is 348 g/mol. The third-order valence-corrected chi connectivity index (χ3v) is 6.15. The van der Waals surface area contributed by atoms with E-state index in [1.54, 1.807) is 19.9 Å². The van der Waals surface area contributed by atoms with Gasteiger partial charge in [0.05, 0.1) is 12.0 Å². The number of fused-ring (bicyclic) bond motifs is 3. The SMILES string of the molecule is C=C1CC[C@@H]2[C@H](OC(=O)[C@H]2C)[C@@H](OC(=O)/C(C)=C/C)[C@]2(C)CC[C@H]1O2. The molecule has 138 valence electrons. The van der Waals surface area contributed by atoms with Crippen LogP contribution >= 0.6 is 0 Å². The Kier molecular flexibility index (Phi) is 4.80. The van der Waals surface area contributed by atoms with Crippen LogP contribution in [0.4, 0.5) is 0 Å². The van der Waals surface area contributed by atoms with Gasteiger partial charge in [0.1, 0.15) is 11.7 Å². The van der Waals surface area contributed by atoms with Crippen molar-refractivity contribution in [3.8, 4) is 0 Å². The smallest absolute Gasteiger partial charge is 0.333 e. The predicted octanol–water partition coefficient (Wildman–Crippen LogP) is 3.33. The van der Waals surface area contributed by atoms with Gasteiger partial charge in [-0.3, -0.25) is 4.79 Å². The van der Waals surface area contributed by atoms with Crippen molar-refractivity contribution in [2.24, 2.45) is 11.8 Å². The molecule has 3 heterocycles. The Morgan fingerprint density at radius 1 is 1.40 bits per heavy atom. The minimum atomic E-state index is -0.672. The second-order valence-electron chi connectivity index (χ2n) is 7.81. The van der Waals surface area contributed by atoms with Crippen LogP contribution in [0.15, 0.2) is 23.8 Å². The van der Waals surface area contributed by atoms with Crippen LogP contribution in [0, 0.1) is 11.8 Å². The van der Waals surface area contributed by atoms with Crippen LogP contribution in [0.25, 0.3) is 0 Å². The van der Waals surface area contributed by atoms with Crippen molar-refractivity contribution < 1.29 is 23.8 Å². The number of ether oxygens (including phenoxy) is 3. The molecule has 3 fully saturated rings. The van der Waals surface area contributed by atoms with Gasteiger partial charge in [-0.1, -0.05) is 19.6 Å². The minimum absolute atomic E-state index is 0.00716. The van der Waals surface area contributed by atoms with E-state index in [9.17, 15) is 9.59 Å². The summed E-state index contributed by atoms with van der Waals surface area (Å²) in [6.45, 7) is 11.6. The van der Waals surface area contributed by atoms with Crippen molar-refractivity contribution in [3.05, 3.63) is 23.8 Å². The van der Waals surface area contributed by atoms with E-state index in [4.69, 9.17) is 14.2 Å². The van der Waals surface area contributed by atoms with E-state index in [1.807, 2.05) is 13.8 Å². The largest absolute Gasteiger partial charge is 0.458 e. The summed E-state index contributed by atoms with van der Waals surface area (Å²) in [5, 5.41) is 0. The fourth-order valence-electron chi connectivity index (χ4n) is 4.22. The van der Waals surface area contributed by atoms with Crippen molar-refractivity contribution >= 4 is 11.9 Å². The average molecular weight is 348 g/mol. The Bertz CT molecular complexity index is 622. The van der Waals surface area contributed by atoms with E-state index in [0.717, 1.165) is 31.3 Å². The predicted molar refractivity (Wildman–Crippen MR) is 92.7 cm³/mol. The van der Waals surface area contributed by atoms with Crippen LogP contribution in [0.1, 0.15) is 53.4 Å². The Hall–Kier alpha value is -1.62. The zero-order valence-electron chi connectivity index (χ0n) is 15.5. The number of esters is 2. The third-order valence-electron chi connectivity index (χ3n) is 6.15. The highest BCUT2D eigenvalue weighted by molar-refractivity contribution is 5.88. The molecule has 3 aliphatic heterocycles. The summed E-state index contributed by atoms with van der Waals surface area (Å²) >= 11 is 0. The lowest BCUT2D eigenvalue weighted by molar-refractivity contribution is -0.187. The van der Waals surface area contributed by atoms with E-state index in [-0.39, 0.29) is 29.9 Å². The highest BCUT2D eigenvalue weighted by Gasteiger charge is 2.57. The molecular weight excluding hydrogens is 320 g/mol. The number of carbonyl (C=O) groups is 2. The number of carbonyl (C=O) groups excluding carboxylic acids is 2. The van der Waals surface area contributed by atoms with E-state index in [1.165, 1.54) is 0 Å². The highest BCUT2D eigenvalue weighted by Crippen LogP contribution is 2.46. The van der Waals surface area contributed by atoms with Gasteiger partial charge in [0.15, 0.2) is 6.10 Å². The highest BCUT2D eigenvalue weighted by atomic mass is 16.6. The topological polar surface area (TPSA) is 61.8 Å². The maximum Gasteiger partial charge on any atom is 0.333 e. The molecule has 0 unspecified atom stereocenters. The summed E-state index contributed by atoms with van der Waals surface area (Å²) in [6.07, 6.45) is 3.83. The number of rotatable bonds is 2. The lowest BCUT2D eigenvalue weighted by atomic mass is 9.78. The molecule has 0 aromatic heterocycles. The van der Waals surface area contributed by atoms with Gasteiger partial charge in [0.2, 0.25) is 0 Å². The summed E-state index contributed by atoms with van der Waals surface area (Å²) in [4.78, 5) is 24.7. The molecule has 0 spiro atoms. The second-order valence-corrected chi connectivity index (χ2v) is 7.81. The molecule has 0 aliphatic carbocycles. The lowest BCUT2D eigenvalue weighted by Gasteiger charge is -2.37. The zero-order valence-corrected chi connectivity index (χ0v) is 15.5. The third kappa shape index (κ3) is 3.14. The molecule has 0 aromatic carbocycles. The molecule has 3 saturated heterocycles. The first kappa shape index (κ1) is 18.2. The Labute approximate surface area is 149 Å². The van der Waals surface area contributed by atoms with E-state index >= 15 is 0 Å². The minimum Gasteiger partial charge on any atom is -0.458 e. The molecule has 6 atom stereocenters. The molecule has 5 heteroatoms.